The average Bonchev–Trinajstić information content (AvgIpc) is 2.05. The Morgan fingerprint density at radius 2 is 1.83 bits per heavy atom. The Morgan fingerprint density at radius 3 is 2.25 bits per heavy atom. The van der Waals surface area contributed by atoms with Crippen LogP contribution in [0.4, 0.5) is 0 Å². The van der Waals surface area contributed by atoms with E-state index in [4.69, 9.17) is 10.00 Å². The molecule has 0 aliphatic rings. The number of aliphatic hydroxyl groups excluding tert-OH is 1. The third-order valence-corrected chi connectivity index (χ3v) is 2.02. The summed E-state index contributed by atoms with van der Waals surface area (Å²) in [5.74, 6) is -1.26. The van der Waals surface area contributed by atoms with Crippen molar-refractivity contribution in [1.82, 2.24) is 0 Å². The Balaban J connectivity index is -0.000000403. The van der Waals surface area contributed by atoms with Gasteiger partial charge in [-0.3, -0.25) is 0 Å². The Bertz CT molecular complexity index is 260. The maximum absolute atomic E-state index is 10.4. The Hall–Kier alpha value is 0.604. The molecule has 0 bridgehead atoms. The zero-order valence-corrected chi connectivity index (χ0v) is 10.9. The zero-order chi connectivity index (χ0) is 8.27. The first kappa shape index (κ1) is 12.6. The molecule has 2 N–H and O–H groups in total. The first-order valence-electron chi connectivity index (χ1n) is 3.10. The van der Waals surface area contributed by atoms with E-state index in [-0.39, 0.29) is 44.1 Å². The van der Waals surface area contributed by atoms with E-state index in [1.165, 1.54) is 0 Å². The maximum Gasteiger partial charge on any atom is 3.00 e. The van der Waals surface area contributed by atoms with Crippen LogP contribution in [-0.4, -0.2) is 10.00 Å². The van der Waals surface area contributed by atoms with E-state index >= 15 is 0 Å². The fourth-order valence-corrected chi connectivity index (χ4v) is 1.18. The summed E-state index contributed by atoms with van der Waals surface area (Å²) >= 11 is 0. The van der Waals surface area contributed by atoms with Crippen molar-refractivity contribution in [2.45, 2.75) is 5.85 Å². The van der Waals surface area contributed by atoms with Gasteiger partial charge in [-0.25, -0.2) is 0 Å². The van der Waals surface area contributed by atoms with E-state index < -0.39 is 13.9 Å². The van der Waals surface area contributed by atoms with Crippen LogP contribution in [0.1, 0.15) is 14.3 Å². The third-order valence-electron chi connectivity index (χ3n) is 1.31. The molecule has 0 spiro atoms. The standard InChI is InChI=1S/C7H7O3P.Pr/c8-7(11(9)10)6-4-2-1-3-5-6;/h1-5,7-8H;/q;+3/p+3. The Morgan fingerprint density at radius 1 is 1.33 bits per heavy atom. The summed E-state index contributed by atoms with van der Waals surface area (Å²) in [5, 5.41) is 9.06. The van der Waals surface area contributed by atoms with Gasteiger partial charge in [-0.2, -0.15) is 4.89 Å². The second-order valence-corrected chi connectivity index (χ2v) is 3.18. The molecule has 0 aliphatic heterocycles. The average molecular weight is 314 g/mol. The van der Waals surface area contributed by atoms with E-state index in [2.05, 4.69) is 0 Å². The molecule has 2 unspecified atom stereocenters. The van der Waals surface area contributed by atoms with Gasteiger partial charge in [0.15, 0.2) is 0 Å². The summed E-state index contributed by atoms with van der Waals surface area (Å²) in [6.45, 7) is 0. The molecule has 0 aliphatic carbocycles. The molecule has 1 aromatic carbocycles. The SMILES string of the molecule is O=[P+](O)C(O)c1ccccc1.[H+].[H+].[Pr+3]. The Labute approximate surface area is 108 Å². The minimum Gasteiger partial charge on any atom is -0.345 e. The number of benzene rings is 1. The van der Waals surface area contributed by atoms with Crippen molar-refractivity contribution in [3.8, 4) is 0 Å². The van der Waals surface area contributed by atoms with Crippen LogP contribution in [0.15, 0.2) is 30.3 Å². The molecule has 2 atom stereocenters. The van der Waals surface area contributed by atoms with Gasteiger partial charge < -0.3 is 5.11 Å². The molecular weight excluding hydrogens is 304 g/mol. The summed E-state index contributed by atoms with van der Waals surface area (Å²) in [6, 6.07) is 8.40. The molecule has 12 heavy (non-hydrogen) atoms. The minimum absolute atomic E-state index is 0. The molecule has 5 heteroatoms. The third kappa shape index (κ3) is 3.55. The van der Waals surface area contributed by atoms with Gasteiger partial charge in [0.2, 0.25) is 0 Å². The topological polar surface area (TPSA) is 57.5 Å². The smallest absolute Gasteiger partial charge is 0.345 e. The van der Waals surface area contributed by atoms with Crippen molar-refractivity contribution in [1.29, 1.82) is 0 Å². The molecule has 1 rings (SSSR count). The molecular formula is C7H10O3PPr+6. The molecule has 1 aromatic rings. The van der Waals surface area contributed by atoms with Gasteiger partial charge in [-0.1, -0.05) is 30.3 Å². The van der Waals surface area contributed by atoms with Crippen molar-refractivity contribution in [3.63, 3.8) is 0 Å². The van der Waals surface area contributed by atoms with Gasteiger partial charge in [0.25, 0.3) is 0 Å². The largest absolute Gasteiger partial charge is 3.00 e. The molecule has 58 valence electrons. The van der Waals surface area contributed by atoms with Gasteiger partial charge in [0, 0.05) is 5.56 Å². The van der Waals surface area contributed by atoms with Crippen molar-refractivity contribution in [3.05, 3.63) is 35.9 Å². The molecule has 0 saturated heterocycles. The monoisotopic (exact) mass is 314 g/mol. The van der Waals surface area contributed by atoms with Crippen LogP contribution in [0.5, 0.6) is 0 Å². The number of aliphatic hydroxyl groups is 1. The van der Waals surface area contributed by atoms with E-state index in [0.717, 1.165) is 0 Å². The van der Waals surface area contributed by atoms with Crippen molar-refractivity contribution >= 4 is 8.03 Å². The van der Waals surface area contributed by atoms with Gasteiger partial charge in [0.1, 0.15) is 0 Å². The summed E-state index contributed by atoms with van der Waals surface area (Å²) in [5.41, 5.74) is 0.469. The second-order valence-electron chi connectivity index (χ2n) is 2.09. The summed E-state index contributed by atoms with van der Waals surface area (Å²) in [4.78, 5) is 8.53. The molecule has 3 nitrogen and oxygen atoms in total. The van der Waals surface area contributed by atoms with E-state index in [0.29, 0.717) is 5.56 Å². The summed E-state index contributed by atoms with van der Waals surface area (Å²) < 4.78 is 10.4. The van der Waals surface area contributed by atoms with Crippen LogP contribution >= 0.6 is 8.03 Å². The van der Waals surface area contributed by atoms with Crippen LogP contribution < -0.4 is 0 Å². The molecule has 0 amide bonds. The van der Waals surface area contributed by atoms with Gasteiger partial charge in [-0.05, 0) is 4.57 Å². The normalized spacial score (nSPS) is 13.0. The van der Waals surface area contributed by atoms with Gasteiger partial charge in [-0.15, -0.1) is 0 Å². The molecule has 0 radical (unpaired) electrons. The fraction of sp³-hybridized carbons (Fsp3) is 0.143. The number of hydrogen-bond acceptors (Lipinski definition) is 2. The predicted octanol–water partition coefficient (Wildman–Crippen LogP) is 1.64. The van der Waals surface area contributed by atoms with Crippen LogP contribution in [-0.2, 0) is 4.57 Å². The molecule has 0 heterocycles. The van der Waals surface area contributed by atoms with E-state index in [9.17, 15) is 4.57 Å². The van der Waals surface area contributed by atoms with Crippen molar-refractivity contribution in [2.75, 3.05) is 0 Å². The Kier molecular flexibility index (Phi) is 6.43. The maximum atomic E-state index is 10.4. The zero-order valence-electron chi connectivity index (χ0n) is 8.29. The molecule has 0 aromatic heterocycles. The van der Waals surface area contributed by atoms with Crippen molar-refractivity contribution in [2.24, 2.45) is 0 Å². The summed E-state index contributed by atoms with van der Waals surface area (Å²) in [6.07, 6.45) is 0. The quantitative estimate of drug-likeness (QED) is 0.816. The minimum atomic E-state index is -2.53. The fourth-order valence-electron chi connectivity index (χ4n) is 0.753. The summed E-state index contributed by atoms with van der Waals surface area (Å²) in [7, 11) is -2.53. The van der Waals surface area contributed by atoms with Gasteiger partial charge in [0.05, 0.1) is 0 Å². The predicted molar refractivity (Wildman–Crippen MR) is 43.5 cm³/mol. The second kappa shape index (κ2) is 6.12. The van der Waals surface area contributed by atoms with Gasteiger partial charge >= 0.3 is 58.0 Å². The molecule has 0 fully saturated rings. The van der Waals surface area contributed by atoms with Crippen LogP contribution in [0.25, 0.3) is 0 Å². The first-order valence-corrected chi connectivity index (χ1v) is 4.38. The first-order chi connectivity index (χ1) is 5.22. The van der Waals surface area contributed by atoms with Crippen molar-refractivity contribution < 1.29 is 58.7 Å². The van der Waals surface area contributed by atoms with E-state index in [1.807, 2.05) is 0 Å². The van der Waals surface area contributed by atoms with Crippen LogP contribution in [0.3, 0.4) is 0 Å². The van der Waals surface area contributed by atoms with Crippen LogP contribution in [0, 0.1) is 41.3 Å². The van der Waals surface area contributed by atoms with Crippen LogP contribution in [0.2, 0.25) is 0 Å². The molecule has 0 saturated carbocycles. The van der Waals surface area contributed by atoms with E-state index in [1.54, 1.807) is 30.3 Å². The number of hydrogen-bond donors (Lipinski definition) is 2. The number of rotatable bonds is 2.